The van der Waals surface area contributed by atoms with E-state index in [-0.39, 0.29) is 22.6 Å². The smallest absolute Gasteiger partial charge is 0.274 e. The molecule has 268 valence electrons. The fourth-order valence-electron chi connectivity index (χ4n) is 6.09. The van der Waals surface area contributed by atoms with Gasteiger partial charge in [-0.15, -0.1) is 0 Å². The maximum Gasteiger partial charge on any atom is 0.274 e. The van der Waals surface area contributed by atoms with Gasteiger partial charge in [-0.2, -0.15) is 5.10 Å². The standard InChI is InChI=1S/C34H47N11O4S/c1-22-20-45(10-8-35-22)33(46)27-18-37-30(19-36-27)44-13-11-43(12-14-44)9-7-15-49-28-17-26-25(16-29(28)50(47,48)34(4,5)6)32(39-21-38-26)40-31-23(2)24(3)41-42-31/h16-19,21-22,35H,7-15,20H2,1-6H3,(H2,38,39,40,41,42). The van der Waals surface area contributed by atoms with Gasteiger partial charge >= 0.3 is 0 Å². The number of H-pyrrole nitrogens is 1. The summed E-state index contributed by atoms with van der Waals surface area (Å²) in [5.74, 6) is 2.11. The third-order valence-corrected chi connectivity index (χ3v) is 11.9. The van der Waals surface area contributed by atoms with Crippen LogP contribution >= 0.6 is 0 Å². The fourth-order valence-corrected chi connectivity index (χ4v) is 7.40. The number of ether oxygens (including phenoxy) is 1. The Bertz CT molecular complexity index is 1940. The second kappa shape index (κ2) is 14.4. The molecule has 2 fully saturated rings. The lowest BCUT2D eigenvalue weighted by atomic mass is 10.2. The number of amides is 1. The average molecular weight is 706 g/mol. The van der Waals surface area contributed by atoms with Crippen molar-refractivity contribution in [1.29, 1.82) is 0 Å². The first kappa shape index (κ1) is 35.4. The molecule has 2 aliphatic heterocycles. The fraction of sp³-hybridized carbons (Fsp3) is 0.529. The van der Waals surface area contributed by atoms with Gasteiger partial charge in [0.05, 0.1) is 35.0 Å². The second-order valence-corrected chi connectivity index (χ2v) is 16.7. The van der Waals surface area contributed by atoms with Crippen LogP contribution in [0.3, 0.4) is 0 Å². The number of carbonyl (C=O) groups excluding carboxylic acids is 1. The van der Waals surface area contributed by atoms with Gasteiger partial charge in [-0.05, 0) is 54.0 Å². The summed E-state index contributed by atoms with van der Waals surface area (Å²) in [5.41, 5.74) is 2.73. The van der Waals surface area contributed by atoms with E-state index in [1.807, 2.05) is 18.7 Å². The molecule has 5 heterocycles. The first-order valence-corrected chi connectivity index (χ1v) is 18.6. The third kappa shape index (κ3) is 7.51. The Kier molecular flexibility index (Phi) is 10.2. The normalized spacial score (nSPS) is 17.7. The molecule has 16 heteroatoms. The van der Waals surface area contributed by atoms with Crippen molar-refractivity contribution in [2.45, 2.75) is 63.6 Å². The molecule has 1 amide bonds. The molecular weight excluding hydrogens is 659 g/mol. The van der Waals surface area contributed by atoms with Crippen LogP contribution in [0.4, 0.5) is 17.5 Å². The highest BCUT2D eigenvalue weighted by Gasteiger charge is 2.34. The van der Waals surface area contributed by atoms with Crippen molar-refractivity contribution < 1.29 is 17.9 Å². The number of piperazine rings is 2. The number of nitrogens with one attached hydrogen (secondary N) is 3. The number of fused-ring (bicyclic) bond motifs is 1. The number of nitrogens with zero attached hydrogens (tertiary/aromatic N) is 8. The minimum absolute atomic E-state index is 0.0818. The third-order valence-electron chi connectivity index (χ3n) is 9.38. The molecule has 6 rings (SSSR count). The molecule has 4 aromatic rings. The molecule has 0 saturated carbocycles. The largest absolute Gasteiger partial charge is 0.492 e. The molecule has 1 atom stereocenters. The van der Waals surface area contributed by atoms with Gasteiger partial charge in [0.25, 0.3) is 5.91 Å². The van der Waals surface area contributed by atoms with Crippen LogP contribution < -0.4 is 20.3 Å². The number of aromatic nitrogens is 6. The van der Waals surface area contributed by atoms with E-state index < -0.39 is 14.6 Å². The number of rotatable bonds is 10. The van der Waals surface area contributed by atoms with Gasteiger partial charge in [-0.25, -0.2) is 28.4 Å². The van der Waals surface area contributed by atoms with Crippen LogP contribution in [0.2, 0.25) is 0 Å². The monoisotopic (exact) mass is 705 g/mol. The van der Waals surface area contributed by atoms with E-state index in [0.717, 1.165) is 56.3 Å². The summed E-state index contributed by atoms with van der Waals surface area (Å²) in [6, 6.07) is 3.56. The summed E-state index contributed by atoms with van der Waals surface area (Å²) < 4.78 is 32.8. The first-order valence-electron chi connectivity index (χ1n) is 17.1. The molecule has 0 spiro atoms. The highest BCUT2D eigenvalue weighted by molar-refractivity contribution is 7.92. The van der Waals surface area contributed by atoms with Crippen LogP contribution in [0.5, 0.6) is 5.75 Å². The number of sulfone groups is 1. The number of benzene rings is 1. The molecule has 1 aromatic carbocycles. The van der Waals surface area contributed by atoms with E-state index >= 15 is 0 Å². The van der Waals surface area contributed by atoms with Crippen molar-refractivity contribution in [1.82, 2.24) is 45.2 Å². The van der Waals surface area contributed by atoms with Crippen LogP contribution in [0.1, 0.15) is 55.9 Å². The highest BCUT2D eigenvalue weighted by atomic mass is 32.2. The van der Waals surface area contributed by atoms with Crippen LogP contribution in [0.15, 0.2) is 35.7 Å². The van der Waals surface area contributed by atoms with Gasteiger partial charge in [-0.1, -0.05) is 0 Å². The van der Waals surface area contributed by atoms with Crippen LogP contribution in [0.25, 0.3) is 10.9 Å². The zero-order valence-corrected chi connectivity index (χ0v) is 30.5. The van der Waals surface area contributed by atoms with Gasteiger partial charge in [-0.3, -0.25) is 14.8 Å². The quantitative estimate of drug-likeness (QED) is 0.206. The Labute approximate surface area is 293 Å². The predicted octanol–water partition coefficient (Wildman–Crippen LogP) is 3.10. The predicted molar refractivity (Wildman–Crippen MR) is 192 cm³/mol. The van der Waals surface area contributed by atoms with Crippen molar-refractivity contribution in [3.8, 4) is 5.75 Å². The highest BCUT2D eigenvalue weighted by Crippen LogP contribution is 2.37. The summed E-state index contributed by atoms with van der Waals surface area (Å²) in [6.45, 7) is 17.4. The van der Waals surface area contributed by atoms with Gasteiger partial charge < -0.3 is 25.2 Å². The molecule has 3 aromatic heterocycles. The molecule has 2 aliphatic rings. The summed E-state index contributed by atoms with van der Waals surface area (Å²) in [6.07, 6.45) is 5.43. The van der Waals surface area contributed by atoms with Gasteiger partial charge in [0.15, 0.2) is 9.84 Å². The minimum Gasteiger partial charge on any atom is -0.492 e. The average Bonchev–Trinajstić information content (AvgIpc) is 3.41. The molecule has 15 nitrogen and oxygen atoms in total. The summed E-state index contributed by atoms with van der Waals surface area (Å²) in [4.78, 5) is 37.2. The van der Waals surface area contributed by atoms with Crippen molar-refractivity contribution in [2.75, 3.05) is 69.2 Å². The van der Waals surface area contributed by atoms with Gasteiger partial charge in [0, 0.05) is 75.4 Å². The Morgan fingerprint density at radius 2 is 1.82 bits per heavy atom. The SMILES string of the molecule is Cc1n[nH]c(Nc2ncnc3cc(OCCCN4CCN(c5cnc(C(=O)N6CCNC(C)C6)cn5)CC4)c(S(=O)(=O)C(C)(C)C)cc23)c1C. The van der Waals surface area contributed by atoms with E-state index in [9.17, 15) is 13.2 Å². The molecule has 0 radical (unpaired) electrons. The zero-order chi connectivity index (χ0) is 35.6. The summed E-state index contributed by atoms with van der Waals surface area (Å²) >= 11 is 0. The van der Waals surface area contributed by atoms with Gasteiger partial charge in [0.2, 0.25) is 0 Å². The van der Waals surface area contributed by atoms with E-state index in [4.69, 9.17) is 4.74 Å². The lowest BCUT2D eigenvalue weighted by Crippen LogP contribution is -2.51. The second-order valence-electron chi connectivity index (χ2n) is 14.0. The summed E-state index contributed by atoms with van der Waals surface area (Å²) in [7, 11) is -3.78. The van der Waals surface area contributed by atoms with E-state index in [2.05, 4.69) is 57.5 Å². The van der Waals surface area contributed by atoms with E-state index in [1.54, 1.807) is 45.3 Å². The topological polar surface area (TPSA) is 174 Å². The molecule has 3 N–H and O–H groups in total. The number of hydrogen-bond acceptors (Lipinski definition) is 13. The van der Waals surface area contributed by atoms with Gasteiger partial charge in [0.1, 0.15) is 40.1 Å². The van der Waals surface area contributed by atoms with Crippen LogP contribution in [-0.2, 0) is 9.84 Å². The van der Waals surface area contributed by atoms with Crippen LogP contribution in [0, 0.1) is 13.8 Å². The molecule has 0 bridgehead atoms. The van der Waals surface area contributed by atoms with E-state index in [1.165, 1.54) is 6.33 Å². The van der Waals surface area contributed by atoms with E-state index in [0.29, 0.717) is 54.3 Å². The maximum absolute atomic E-state index is 13.8. The molecular formula is C34H47N11O4S. The maximum atomic E-state index is 13.8. The lowest BCUT2D eigenvalue weighted by molar-refractivity contribution is 0.0702. The number of hydrogen-bond donors (Lipinski definition) is 3. The Balaban J connectivity index is 1.07. The molecule has 1 unspecified atom stereocenters. The van der Waals surface area contributed by atoms with Crippen molar-refractivity contribution in [3.63, 3.8) is 0 Å². The molecule has 2 saturated heterocycles. The molecule has 0 aliphatic carbocycles. The number of carbonyl (C=O) groups is 1. The zero-order valence-electron chi connectivity index (χ0n) is 29.7. The summed E-state index contributed by atoms with van der Waals surface area (Å²) in [5, 5.41) is 14.4. The minimum atomic E-state index is -3.78. The van der Waals surface area contributed by atoms with Crippen molar-refractivity contribution in [2.24, 2.45) is 0 Å². The lowest BCUT2D eigenvalue weighted by Gasteiger charge is -2.35. The van der Waals surface area contributed by atoms with Crippen molar-refractivity contribution >= 4 is 44.1 Å². The Morgan fingerprint density at radius 3 is 2.48 bits per heavy atom. The number of aromatic amines is 1. The van der Waals surface area contributed by atoms with Crippen molar-refractivity contribution in [3.05, 3.63) is 47.8 Å². The van der Waals surface area contributed by atoms with Crippen LogP contribution in [-0.4, -0.2) is 124 Å². The number of aryl methyl sites for hydroxylation is 1. The Morgan fingerprint density at radius 1 is 1.04 bits per heavy atom. The first-order chi connectivity index (χ1) is 23.8. The number of anilines is 3. The Hall–Kier alpha value is -4.41. The molecule has 50 heavy (non-hydrogen) atoms.